The highest BCUT2D eigenvalue weighted by Crippen LogP contribution is 2.25. The Labute approximate surface area is 125 Å². The van der Waals surface area contributed by atoms with Crippen LogP contribution in [0.25, 0.3) is 0 Å². The van der Waals surface area contributed by atoms with Crippen molar-refractivity contribution < 1.29 is 9.18 Å². The molecule has 2 N–H and O–H groups in total. The zero-order valence-corrected chi connectivity index (χ0v) is 11.8. The average Bonchev–Trinajstić information content (AvgIpc) is 2.42. The lowest BCUT2D eigenvalue weighted by molar-refractivity contribution is 0.251. The summed E-state index contributed by atoms with van der Waals surface area (Å²) in [5, 5.41) is 6.10. The molecule has 104 valence electrons. The molecule has 0 atom stereocenters. The van der Waals surface area contributed by atoms with E-state index in [-0.39, 0.29) is 12.4 Å². The number of urea groups is 1. The maximum Gasteiger partial charge on any atom is 0.319 e. The molecule has 3 nitrogen and oxygen atoms in total. The zero-order chi connectivity index (χ0) is 14.5. The Morgan fingerprint density at radius 1 is 1.10 bits per heavy atom. The van der Waals surface area contributed by atoms with Gasteiger partial charge in [-0.15, -0.1) is 0 Å². The van der Waals surface area contributed by atoms with Gasteiger partial charge in [-0.3, -0.25) is 0 Å². The van der Waals surface area contributed by atoms with Crippen molar-refractivity contribution in [2.24, 2.45) is 0 Å². The van der Waals surface area contributed by atoms with E-state index in [1.165, 1.54) is 12.1 Å². The van der Waals surface area contributed by atoms with Crippen LogP contribution in [0.15, 0.2) is 42.5 Å². The van der Waals surface area contributed by atoms with E-state index >= 15 is 0 Å². The monoisotopic (exact) mass is 312 g/mol. The Balaban J connectivity index is 1.92. The lowest BCUT2D eigenvalue weighted by Crippen LogP contribution is -2.28. The summed E-state index contributed by atoms with van der Waals surface area (Å²) >= 11 is 11.8. The molecular weight excluding hydrogens is 302 g/mol. The van der Waals surface area contributed by atoms with Crippen LogP contribution in [0.5, 0.6) is 0 Å². The summed E-state index contributed by atoms with van der Waals surface area (Å²) in [7, 11) is 0. The van der Waals surface area contributed by atoms with Gasteiger partial charge in [-0.1, -0.05) is 35.3 Å². The van der Waals surface area contributed by atoms with E-state index in [0.717, 1.165) is 5.56 Å². The van der Waals surface area contributed by atoms with Gasteiger partial charge in [-0.2, -0.15) is 0 Å². The predicted molar refractivity (Wildman–Crippen MR) is 78.7 cm³/mol. The number of hydrogen-bond acceptors (Lipinski definition) is 1. The summed E-state index contributed by atoms with van der Waals surface area (Å²) in [5.41, 5.74) is 1.22. The number of rotatable bonds is 3. The van der Waals surface area contributed by atoms with Gasteiger partial charge in [0, 0.05) is 11.6 Å². The predicted octanol–water partition coefficient (Wildman–Crippen LogP) is 4.45. The Kier molecular flexibility index (Phi) is 4.82. The van der Waals surface area contributed by atoms with Gasteiger partial charge in [0.25, 0.3) is 0 Å². The highest BCUT2D eigenvalue weighted by atomic mass is 35.5. The number of carbonyl (C=O) groups excluding carboxylic acids is 1. The maximum absolute atomic E-state index is 12.7. The third-order valence-electron chi connectivity index (χ3n) is 2.54. The lowest BCUT2D eigenvalue weighted by atomic mass is 10.2. The minimum atomic E-state index is -0.418. The minimum Gasteiger partial charge on any atom is -0.334 e. The van der Waals surface area contributed by atoms with Crippen LogP contribution < -0.4 is 10.6 Å². The first-order valence-corrected chi connectivity index (χ1v) is 6.54. The first-order valence-electron chi connectivity index (χ1n) is 5.79. The molecule has 0 saturated heterocycles. The number of nitrogens with one attached hydrogen (secondary N) is 2. The second-order valence-electron chi connectivity index (χ2n) is 4.06. The van der Waals surface area contributed by atoms with Gasteiger partial charge in [-0.05, 0) is 35.9 Å². The van der Waals surface area contributed by atoms with Crippen LogP contribution >= 0.6 is 23.2 Å². The van der Waals surface area contributed by atoms with Crippen LogP contribution in [0.3, 0.4) is 0 Å². The fraction of sp³-hybridized carbons (Fsp3) is 0.0714. The molecule has 0 heterocycles. The molecule has 0 aliphatic carbocycles. The Morgan fingerprint density at radius 2 is 1.80 bits per heavy atom. The van der Waals surface area contributed by atoms with Crippen molar-refractivity contribution in [1.82, 2.24) is 5.32 Å². The summed E-state index contributed by atoms with van der Waals surface area (Å²) in [6, 6.07) is 10.2. The number of amides is 2. The number of anilines is 1. The van der Waals surface area contributed by atoms with E-state index < -0.39 is 6.03 Å². The molecule has 0 fully saturated rings. The lowest BCUT2D eigenvalue weighted by Gasteiger charge is -2.09. The number of benzene rings is 2. The minimum absolute atomic E-state index is 0.282. The molecule has 0 spiro atoms. The van der Waals surface area contributed by atoms with E-state index in [2.05, 4.69) is 10.6 Å². The second kappa shape index (κ2) is 6.59. The van der Waals surface area contributed by atoms with Crippen molar-refractivity contribution in [3.05, 3.63) is 63.9 Å². The van der Waals surface area contributed by atoms with E-state index in [1.54, 1.807) is 30.3 Å². The largest absolute Gasteiger partial charge is 0.334 e. The third-order valence-corrected chi connectivity index (χ3v) is 3.11. The van der Waals surface area contributed by atoms with Crippen LogP contribution in [0.2, 0.25) is 10.0 Å². The van der Waals surface area contributed by atoms with Crippen molar-refractivity contribution in [2.45, 2.75) is 6.54 Å². The standard InChI is InChI=1S/C14H11Cl2FN2O/c15-10-3-6-12(16)13(7-10)19-14(20)18-8-9-1-4-11(17)5-2-9/h1-7H,8H2,(H2,18,19,20). The molecule has 2 rings (SSSR count). The van der Waals surface area contributed by atoms with Crippen molar-refractivity contribution in [1.29, 1.82) is 0 Å². The molecule has 2 aromatic rings. The van der Waals surface area contributed by atoms with Gasteiger partial charge in [0.1, 0.15) is 5.82 Å². The van der Waals surface area contributed by atoms with Crippen molar-refractivity contribution >= 4 is 34.9 Å². The maximum atomic E-state index is 12.7. The van der Waals surface area contributed by atoms with E-state index in [9.17, 15) is 9.18 Å². The smallest absolute Gasteiger partial charge is 0.319 e. The summed E-state index contributed by atoms with van der Waals surface area (Å²) in [6.07, 6.45) is 0. The van der Waals surface area contributed by atoms with Crippen LogP contribution in [-0.4, -0.2) is 6.03 Å². The number of halogens is 3. The van der Waals surface area contributed by atoms with E-state index in [0.29, 0.717) is 15.7 Å². The molecule has 0 aromatic heterocycles. The first kappa shape index (κ1) is 14.6. The Morgan fingerprint density at radius 3 is 2.50 bits per heavy atom. The van der Waals surface area contributed by atoms with Crippen molar-refractivity contribution in [3.63, 3.8) is 0 Å². The molecule has 0 saturated carbocycles. The SMILES string of the molecule is O=C(NCc1ccc(F)cc1)Nc1cc(Cl)ccc1Cl. The fourth-order valence-corrected chi connectivity index (χ4v) is 1.88. The molecule has 0 bridgehead atoms. The van der Waals surface area contributed by atoms with Gasteiger partial charge in [0.05, 0.1) is 10.7 Å². The molecular formula is C14H11Cl2FN2O. The first-order chi connectivity index (χ1) is 9.54. The topological polar surface area (TPSA) is 41.1 Å². The molecule has 2 amide bonds. The van der Waals surface area contributed by atoms with E-state index in [4.69, 9.17) is 23.2 Å². The van der Waals surface area contributed by atoms with Crippen LogP contribution in [0.4, 0.5) is 14.9 Å². The number of hydrogen-bond donors (Lipinski definition) is 2. The Hall–Kier alpha value is -1.78. The highest BCUT2D eigenvalue weighted by Gasteiger charge is 2.06. The highest BCUT2D eigenvalue weighted by molar-refractivity contribution is 6.35. The molecule has 0 unspecified atom stereocenters. The van der Waals surface area contributed by atoms with Crippen LogP contribution in [0.1, 0.15) is 5.56 Å². The molecule has 0 aliphatic heterocycles. The summed E-state index contributed by atoms with van der Waals surface area (Å²) in [6.45, 7) is 0.282. The van der Waals surface area contributed by atoms with Gasteiger partial charge in [0.2, 0.25) is 0 Å². The molecule has 6 heteroatoms. The number of carbonyl (C=O) groups is 1. The molecule has 0 radical (unpaired) electrons. The zero-order valence-electron chi connectivity index (χ0n) is 10.3. The van der Waals surface area contributed by atoms with E-state index in [1.807, 2.05) is 0 Å². The van der Waals surface area contributed by atoms with Gasteiger partial charge in [0.15, 0.2) is 0 Å². The molecule has 0 aliphatic rings. The average molecular weight is 313 g/mol. The summed E-state index contributed by atoms with van der Waals surface area (Å²) in [4.78, 5) is 11.7. The van der Waals surface area contributed by atoms with Gasteiger partial charge >= 0.3 is 6.03 Å². The van der Waals surface area contributed by atoms with Crippen LogP contribution in [0, 0.1) is 5.82 Å². The third kappa shape index (κ3) is 4.11. The molecule has 2 aromatic carbocycles. The fourth-order valence-electron chi connectivity index (χ4n) is 1.54. The Bertz CT molecular complexity index is 617. The van der Waals surface area contributed by atoms with Crippen molar-refractivity contribution in [3.8, 4) is 0 Å². The summed E-state index contributed by atoms with van der Waals surface area (Å²) < 4.78 is 12.7. The summed E-state index contributed by atoms with van der Waals surface area (Å²) in [5.74, 6) is -0.316. The van der Waals surface area contributed by atoms with Crippen LogP contribution in [-0.2, 0) is 6.54 Å². The van der Waals surface area contributed by atoms with Crippen molar-refractivity contribution in [2.75, 3.05) is 5.32 Å². The second-order valence-corrected chi connectivity index (χ2v) is 4.90. The quantitative estimate of drug-likeness (QED) is 0.863. The van der Waals surface area contributed by atoms with Gasteiger partial charge in [-0.25, -0.2) is 9.18 Å². The van der Waals surface area contributed by atoms with Gasteiger partial charge < -0.3 is 10.6 Å². The normalized spacial score (nSPS) is 10.2. The molecule has 20 heavy (non-hydrogen) atoms.